The molecule has 0 N–H and O–H groups in total. The minimum Gasteiger partial charge on any atom is -0.460 e. The fraction of sp³-hybridized carbons (Fsp3) is 0.167. The fourth-order valence-corrected chi connectivity index (χ4v) is 2.98. The van der Waals surface area contributed by atoms with Crippen LogP contribution >= 0.6 is 0 Å². The Balaban J connectivity index is 1.60. The van der Waals surface area contributed by atoms with Crippen molar-refractivity contribution in [2.24, 2.45) is 0 Å². The van der Waals surface area contributed by atoms with E-state index >= 15 is 0 Å². The van der Waals surface area contributed by atoms with Gasteiger partial charge in [-0.3, -0.25) is 9.59 Å². The Hall–Kier alpha value is -4.00. The summed E-state index contributed by atoms with van der Waals surface area (Å²) in [5, 5.41) is 9.39. The Morgan fingerprint density at radius 1 is 0.871 bits per heavy atom. The minimum atomic E-state index is -0.848. The SMILES string of the molecule is C[C@H](C(=O)OCc1ccc(CO[N+](=O)[O-])cc1)c1cccc(C(=O)c2ccccc2)c1. The Labute approximate surface area is 179 Å². The van der Waals surface area contributed by atoms with Gasteiger partial charge in [0.15, 0.2) is 5.78 Å². The molecule has 31 heavy (non-hydrogen) atoms. The Bertz CT molecular complexity index is 1060. The van der Waals surface area contributed by atoms with Gasteiger partial charge < -0.3 is 9.57 Å². The van der Waals surface area contributed by atoms with Crippen LogP contribution in [-0.2, 0) is 27.6 Å². The summed E-state index contributed by atoms with van der Waals surface area (Å²) in [5.41, 5.74) is 3.18. The van der Waals surface area contributed by atoms with Gasteiger partial charge in [-0.15, -0.1) is 10.1 Å². The zero-order valence-corrected chi connectivity index (χ0v) is 16.9. The first kappa shape index (κ1) is 21.7. The number of ether oxygens (including phenoxy) is 1. The number of hydrogen-bond acceptors (Lipinski definition) is 6. The van der Waals surface area contributed by atoms with Gasteiger partial charge in [0.05, 0.1) is 5.92 Å². The summed E-state index contributed by atoms with van der Waals surface area (Å²) < 4.78 is 5.40. The third kappa shape index (κ3) is 5.99. The van der Waals surface area contributed by atoms with Crippen molar-refractivity contribution in [1.29, 1.82) is 0 Å². The highest BCUT2D eigenvalue weighted by molar-refractivity contribution is 6.09. The van der Waals surface area contributed by atoms with Crippen molar-refractivity contribution in [3.8, 4) is 0 Å². The van der Waals surface area contributed by atoms with E-state index < -0.39 is 17.0 Å². The first-order chi connectivity index (χ1) is 14.9. The maximum absolute atomic E-state index is 12.7. The van der Waals surface area contributed by atoms with Gasteiger partial charge in [-0.2, -0.15) is 0 Å². The first-order valence-corrected chi connectivity index (χ1v) is 9.65. The molecular weight excluding hydrogens is 398 g/mol. The van der Waals surface area contributed by atoms with Crippen LogP contribution < -0.4 is 0 Å². The monoisotopic (exact) mass is 419 g/mol. The van der Waals surface area contributed by atoms with Crippen LogP contribution in [0.25, 0.3) is 0 Å². The molecule has 158 valence electrons. The molecule has 0 radical (unpaired) electrons. The Morgan fingerprint density at radius 3 is 2.13 bits per heavy atom. The number of esters is 1. The molecule has 1 atom stereocenters. The fourth-order valence-electron chi connectivity index (χ4n) is 2.98. The van der Waals surface area contributed by atoms with Crippen LogP contribution in [-0.4, -0.2) is 16.8 Å². The Kier molecular flexibility index (Phi) is 7.11. The van der Waals surface area contributed by atoms with Crippen molar-refractivity contribution in [2.75, 3.05) is 0 Å². The molecule has 0 aliphatic carbocycles. The van der Waals surface area contributed by atoms with Crippen LogP contribution in [0.2, 0.25) is 0 Å². The normalized spacial score (nSPS) is 11.4. The molecule has 0 fully saturated rings. The van der Waals surface area contributed by atoms with Crippen LogP contribution in [0.4, 0.5) is 0 Å². The molecule has 0 aromatic heterocycles. The van der Waals surface area contributed by atoms with Gasteiger partial charge in [0.1, 0.15) is 13.2 Å². The van der Waals surface area contributed by atoms with Gasteiger partial charge >= 0.3 is 5.97 Å². The average Bonchev–Trinajstić information content (AvgIpc) is 2.81. The van der Waals surface area contributed by atoms with E-state index in [9.17, 15) is 19.7 Å². The van der Waals surface area contributed by atoms with Crippen molar-refractivity contribution >= 4 is 11.8 Å². The van der Waals surface area contributed by atoms with E-state index in [1.165, 1.54) is 0 Å². The molecule has 3 aromatic carbocycles. The largest absolute Gasteiger partial charge is 0.460 e. The predicted molar refractivity (Wildman–Crippen MR) is 113 cm³/mol. The lowest BCUT2D eigenvalue weighted by Gasteiger charge is -2.13. The van der Waals surface area contributed by atoms with E-state index in [-0.39, 0.29) is 19.0 Å². The number of hydrogen-bond donors (Lipinski definition) is 0. The van der Waals surface area contributed by atoms with Crippen LogP contribution in [0.15, 0.2) is 78.9 Å². The van der Waals surface area contributed by atoms with E-state index in [1.807, 2.05) is 6.07 Å². The van der Waals surface area contributed by atoms with E-state index in [0.29, 0.717) is 22.3 Å². The molecule has 3 rings (SSSR count). The van der Waals surface area contributed by atoms with Crippen LogP contribution in [0.3, 0.4) is 0 Å². The molecule has 0 aliphatic heterocycles. The van der Waals surface area contributed by atoms with Gasteiger partial charge in [0.25, 0.3) is 5.09 Å². The van der Waals surface area contributed by atoms with Crippen molar-refractivity contribution in [3.05, 3.63) is 117 Å². The molecule has 0 saturated heterocycles. The maximum atomic E-state index is 12.7. The predicted octanol–water partition coefficient (Wildman–Crippen LogP) is 4.47. The van der Waals surface area contributed by atoms with Crippen LogP contribution in [0.5, 0.6) is 0 Å². The first-order valence-electron chi connectivity index (χ1n) is 9.65. The van der Waals surface area contributed by atoms with Crippen molar-refractivity contribution in [1.82, 2.24) is 0 Å². The number of rotatable bonds is 9. The topological polar surface area (TPSA) is 95.7 Å². The van der Waals surface area contributed by atoms with E-state index in [4.69, 9.17) is 4.74 Å². The molecule has 0 heterocycles. The summed E-state index contributed by atoms with van der Waals surface area (Å²) in [6.45, 7) is 1.66. The standard InChI is InChI=1S/C24H21NO6/c1-17(21-8-5-9-22(14-21)23(26)20-6-3-2-4-7-20)24(27)30-15-18-10-12-19(13-11-18)16-31-25(28)29/h2-14,17H,15-16H2,1H3/t17-/m0/s1. The second-order valence-electron chi connectivity index (χ2n) is 6.96. The van der Waals surface area contributed by atoms with Gasteiger partial charge in [-0.25, -0.2) is 0 Å². The van der Waals surface area contributed by atoms with Crippen LogP contribution in [0, 0.1) is 10.1 Å². The molecule has 3 aromatic rings. The summed E-state index contributed by atoms with van der Waals surface area (Å²) in [4.78, 5) is 39.7. The third-order valence-electron chi connectivity index (χ3n) is 4.78. The van der Waals surface area contributed by atoms with Gasteiger partial charge in [0.2, 0.25) is 0 Å². The molecule has 0 amide bonds. The van der Waals surface area contributed by atoms with Crippen molar-refractivity contribution in [3.63, 3.8) is 0 Å². The van der Waals surface area contributed by atoms with E-state index in [0.717, 1.165) is 5.56 Å². The van der Waals surface area contributed by atoms with Gasteiger partial charge in [-0.05, 0) is 29.7 Å². The average molecular weight is 419 g/mol. The molecule has 0 spiro atoms. The zero-order chi connectivity index (χ0) is 22.2. The maximum Gasteiger partial charge on any atom is 0.313 e. The lowest BCUT2D eigenvalue weighted by Crippen LogP contribution is -2.14. The molecule has 0 aliphatic rings. The smallest absolute Gasteiger partial charge is 0.313 e. The van der Waals surface area contributed by atoms with E-state index in [1.54, 1.807) is 79.7 Å². The summed E-state index contributed by atoms with van der Waals surface area (Å²) >= 11 is 0. The summed E-state index contributed by atoms with van der Waals surface area (Å²) in [6.07, 6.45) is 0. The number of ketones is 1. The molecule has 0 bridgehead atoms. The second kappa shape index (κ2) is 10.2. The summed E-state index contributed by atoms with van der Waals surface area (Å²) in [6, 6.07) is 22.7. The third-order valence-corrected chi connectivity index (χ3v) is 4.78. The minimum absolute atomic E-state index is 0.0716. The zero-order valence-electron chi connectivity index (χ0n) is 16.9. The summed E-state index contributed by atoms with van der Waals surface area (Å²) in [5.74, 6) is -1.06. The molecule has 0 unspecified atom stereocenters. The highest BCUT2D eigenvalue weighted by Crippen LogP contribution is 2.21. The molecule has 0 saturated carbocycles. The number of nitrogens with zero attached hydrogens (tertiary/aromatic N) is 1. The highest BCUT2D eigenvalue weighted by Gasteiger charge is 2.19. The van der Waals surface area contributed by atoms with Gasteiger partial charge in [0, 0.05) is 11.1 Å². The number of benzene rings is 3. The highest BCUT2D eigenvalue weighted by atomic mass is 16.9. The molecule has 7 nitrogen and oxygen atoms in total. The number of carbonyl (C=O) groups is 2. The quantitative estimate of drug-likeness (QED) is 0.220. The van der Waals surface area contributed by atoms with Crippen molar-refractivity contribution in [2.45, 2.75) is 26.1 Å². The molecule has 7 heteroatoms. The lowest BCUT2D eigenvalue weighted by atomic mass is 9.96. The van der Waals surface area contributed by atoms with Crippen LogP contribution in [0.1, 0.15) is 45.5 Å². The summed E-state index contributed by atoms with van der Waals surface area (Å²) in [7, 11) is 0. The Morgan fingerprint density at radius 2 is 1.48 bits per heavy atom. The molecular formula is C24H21NO6. The lowest BCUT2D eigenvalue weighted by molar-refractivity contribution is -0.763. The second-order valence-corrected chi connectivity index (χ2v) is 6.96. The van der Waals surface area contributed by atoms with E-state index in [2.05, 4.69) is 4.84 Å². The van der Waals surface area contributed by atoms with Crippen molar-refractivity contribution < 1.29 is 24.3 Å². The van der Waals surface area contributed by atoms with Gasteiger partial charge in [-0.1, -0.05) is 72.8 Å². The number of carbonyl (C=O) groups excluding carboxylic acids is 2.